The van der Waals surface area contributed by atoms with Crippen LogP contribution < -0.4 is 5.32 Å². The summed E-state index contributed by atoms with van der Waals surface area (Å²) in [6, 6.07) is 5.28. The van der Waals surface area contributed by atoms with Crippen LogP contribution in [0.15, 0.2) is 23.2 Å². The molecular weight excluding hydrogens is 478 g/mol. The lowest BCUT2D eigenvalue weighted by atomic mass is 9.84. The highest BCUT2D eigenvalue weighted by atomic mass is 127. The Hall–Kier alpha value is -0.600. The molecule has 2 saturated heterocycles. The summed E-state index contributed by atoms with van der Waals surface area (Å²) in [5, 5.41) is 3.98. The van der Waals surface area contributed by atoms with Gasteiger partial charge in [-0.25, -0.2) is 4.39 Å². The second-order valence-electron chi connectivity index (χ2n) is 8.04. The first-order valence-electron chi connectivity index (χ1n) is 9.56. The van der Waals surface area contributed by atoms with Gasteiger partial charge in [0.2, 0.25) is 0 Å². The molecule has 0 bridgehead atoms. The molecule has 3 rings (SSSR count). The molecule has 2 heterocycles. The average Bonchev–Trinajstić information content (AvgIpc) is 3.26. The van der Waals surface area contributed by atoms with Gasteiger partial charge in [-0.15, -0.1) is 24.0 Å². The van der Waals surface area contributed by atoms with Gasteiger partial charge in [0.1, 0.15) is 5.82 Å². The lowest BCUT2D eigenvalue weighted by Crippen LogP contribution is -2.46. The van der Waals surface area contributed by atoms with Gasteiger partial charge in [-0.3, -0.25) is 9.89 Å². The largest absolute Gasteiger partial charge is 0.355 e. The molecule has 2 aliphatic rings. The van der Waals surface area contributed by atoms with Gasteiger partial charge in [0.25, 0.3) is 0 Å². The predicted molar refractivity (Wildman–Crippen MR) is 122 cm³/mol. The van der Waals surface area contributed by atoms with Gasteiger partial charge in [-0.2, -0.15) is 0 Å². The third kappa shape index (κ3) is 5.48. The molecule has 1 unspecified atom stereocenters. The monoisotopic (exact) mass is 508 g/mol. The van der Waals surface area contributed by atoms with Gasteiger partial charge >= 0.3 is 0 Å². The number of aliphatic imine (C=N–C) groups is 1. The Morgan fingerprint density at radius 1 is 1.30 bits per heavy atom. The number of hydrogen-bond acceptors (Lipinski definition) is 2. The highest BCUT2D eigenvalue weighted by Gasteiger charge is 2.31. The molecule has 0 saturated carbocycles. The summed E-state index contributed by atoms with van der Waals surface area (Å²) in [6.07, 6.45) is 3.86. The molecule has 1 aromatic carbocycles. The van der Waals surface area contributed by atoms with E-state index in [4.69, 9.17) is 11.6 Å². The zero-order valence-electron chi connectivity index (χ0n) is 16.5. The highest BCUT2D eigenvalue weighted by molar-refractivity contribution is 14.0. The van der Waals surface area contributed by atoms with Crippen LogP contribution in [0.3, 0.4) is 0 Å². The fourth-order valence-electron chi connectivity index (χ4n) is 4.10. The Bertz CT molecular complexity index is 661. The van der Waals surface area contributed by atoms with Gasteiger partial charge < -0.3 is 10.2 Å². The number of rotatable bonds is 4. The number of nitrogens with one attached hydrogen (secondary N) is 1. The van der Waals surface area contributed by atoms with Crippen LogP contribution in [0.25, 0.3) is 0 Å². The SMILES string of the molecule is CN=C(NCC(C)(C)c1ccc(F)cc1Cl)N1CCC(N2CCCC2)C1.I. The first-order chi connectivity index (χ1) is 12.4. The summed E-state index contributed by atoms with van der Waals surface area (Å²) < 4.78 is 13.3. The van der Waals surface area contributed by atoms with Gasteiger partial charge in [-0.05, 0) is 50.0 Å². The molecule has 0 spiro atoms. The summed E-state index contributed by atoms with van der Waals surface area (Å²) in [6.45, 7) is 9.47. The van der Waals surface area contributed by atoms with E-state index in [0.717, 1.165) is 24.6 Å². The number of benzene rings is 1. The molecule has 0 aliphatic carbocycles. The molecule has 27 heavy (non-hydrogen) atoms. The maximum Gasteiger partial charge on any atom is 0.193 e. The molecule has 1 aromatic rings. The standard InChI is InChI=1S/C20H30ClFN4.HI/c1-20(2,17-7-6-15(22)12-18(17)21)14-24-19(23-3)26-11-8-16(13-26)25-9-4-5-10-25;/h6-7,12,16H,4-5,8-11,13-14H2,1-3H3,(H,23,24);1H. The van der Waals surface area contributed by atoms with E-state index in [1.165, 1.54) is 44.5 Å². The van der Waals surface area contributed by atoms with E-state index in [9.17, 15) is 4.39 Å². The normalized spacial score (nSPS) is 21.4. The Morgan fingerprint density at radius 2 is 2.00 bits per heavy atom. The molecule has 4 nitrogen and oxygen atoms in total. The zero-order valence-corrected chi connectivity index (χ0v) is 19.6. The topological polar surface area (TPSA) is 30.9 Å². The minimum atomic E-state index is -0.302. The van der Waals surface area contributed by atoms with Crippen LogP contribution in [-0.4, -0.2) is 61.6 Å². The number of hydrogen-bond donors (Lipinski definition) is 1. The van der Waals surface area contributed by atoms with Crippen LogP contribution in [0.1, 0.15) is 38.7 Å². The van der Waals surface area contributed by atoms with Gasteiger partial charge in [0.05, 0.1) is 0 Å². The Labute approximate surface area is 184 Å². The zero-order chi connectivity index (χ0) is 18.7. The van der Waals surface area contributed by atoms with Crippen molar-refractivity contribution in [3.63, 3.8) is 0 Å². The second kappa shape index (κ2) is 9.74. The quantitative estimate of drug-likeness (QED) is 0.377. The molecule has 0 amide bonds. The van der Waals surface area contributed by atoms with Crippen molar-refractivity contribution in [1.82, 2.24) is 15.1 Å². The number of guanidine groups is 1. The first kappa shape index (κ1) is 22.7. The summed E-state index contributed by atoms with van der Waals surface area (Å²) >= 11 is 6.27. The van der Waals surface area contributed by atoms with Gasteiger partial charge in [0.15, 0.2) is 5.96 Å². The van der Waals surface area contributed by atoms with E-state index in [0.29, 0.717) is 17.6 Å². The minimum absolute atomic E-state index is 0. The van der Waals surface area contributed by atoms with E-state index in [1.807, 2.05) is 7.05 Å². The smallest absolute Gasteiger partial charge is 0.193 e. The van der Waals surface area contributed by atoms with Crippen LogP contribution >= 0.6 is 35.6 Å². The molecule has 0 aromatic heterocycles. The number of likely N-dealkylation sites (tertiary alicyclic amines) is 2. The molecule has 7 heteroatoms. The molecule has 2 aliphatic heterocycles. The maximum atomic E-state index is 13.3. The first-order valence-corrected chi connectivity index (χ1v) is 9.94. The number of halogens is 3. The van der Waals surface area contributed by atoms with Crippen LogP contribution in [0.2, 0.25) is 5.02 Å². The van der Waals surface area contributed by atoms with Crippen molar-refractivity contribution in [3.8, 4) is 0 Å². The van der Waals surface area contributed by atoms with E-state index < -0.39 is 0 Å². The molecule has 2 fully saturated rings. The van der Waals surface area contributed by atoms with E-state index in [1.54, 1.807) is 6.07 Å². The Kier molecular flexibility index (Phi) is 8.19. The van der Waals surface area contributed by atoms with Crippen molar-refractivity contribution in [3.05, 3.63) is 34.6 Å². The third-order valence-electron chi connectivity index (χ3n) is 5.68. The van der Waals surface area contributed by atoms with Gasteiger partial charge in [0, 0.05) is 43.2 Å². The minimum Gasteiger partial charge on any atom is -0.355 e. The predicted octanol–water partition coefficient (Wildman–Crippen LogP) is 4.12. The third-order valence-corrected chi connectivity index (χ3v) is 5.99. The fourth-order valence-corrected chi connectivity index (χ4v) is 4.53. The average molecular weight is 509 g/mol. The van der Waals surface area contributed by atoms with Crippen molar-refractivity contribution in [2.45, 2.75) is 44.6 Å². The van der Waals surface area contributed by atoms with Crippen molar-refractivity contribution in [2.75, 3.05) is 39.8 Å². The van der Waals surface area contributed by atoms with Crippen LogP contribution in [0, 0.1) is 5.82 Å². The highest BCUT2D eigenvalue weighted by Crippen LogP contribution is 2.30. The Balaban J connectivity index is 0.00000261. The van der Waals surface area contributed by atoms with Crippen LogP contribution in [-0.2, 0) is 5.41 Å². The van der Waals surface area contributed by atoms with E-state index >= 15 is 0 Å². The molecule has 1 atom stereocenters. The summed E-state index contributed by atoms with van der Waals surface area (Å²) in [4.78, 5) is 9.46. The van der Waals surface area contributed by atoms with E-state index in [-0.39, 0.29) is 35.2 Å². The lowest BCUT2D eigenvalue weighted by Gasteiger charge is -2.30. The van der Waals surface area contributed by atoms with Crippen molar-refractivity contribution < 1.29 is 4.39 Å². The summed E-state index contributed by atoms with van der Waals surface area (Å²) in [7, 11) is 1.84. The van der Waals surface area contributed by atoms with Crippen molar-refractivity contribution >= 4 is 41.5 Å². The molecule has 152 valence electrons. The maximum absolute atomic E-state index is 13.3. The van der Waals surface area contributed by atoms with Crippen molar-refractivity contribution in [1.29, 1.82) is 0 Å². The fraction of sp³-hybridized carbons (Fsp3) is 0.650. The van der Waals surface area contributed by atoms with Crippen molar-refractivity contribution in [2.24, 2.45) is 4.99 Å². The molecule has 1 N–H and O–H groups in total. The van der Waals surface area contributed by atoms with Gasteiger partial charge in [-0.1, -0.05) is 31.5 Å². The Morgan fingerprint density at radius 3 is 2.63 bits per heavy atom. The summed E-state index contributed by atoms with van der Waals surface area (Å²) in [5.74, 6) is 0.640. The molecule has 0 radical (unpaired) electrons. The van der Waals surface area contributed by atoms with Crippen LogP contribution in [0.5, 0.6) is 0 Å². The lowest BCUT2D eigenvalue weighted by molar-refractivity contribution is 0.249. The van der Waals surface area contributed by atoms with E-state index in [2.05, 4.69) is 34.0 Å². The number of nitrogens with zero attached hydrogens (tertiary/aromatic N) is 3. The molecular formula is C20H31ClFIN4. The van der Waals surface area contributed by atoms with Crippen LogP contribution in [0.4, 0.5) is 4.39 Å². The summed E-state index contributed by atoms with van der Waals surface area (Å²) in [5.41, 5.74) is 0.717. The second-order valence-corrected chi connectivity index (χ2v) is 8.45.